The highest BCUT2D eigenvalue weighted by Crippen LogP contribution is 2.26. The number of ether oxygens (including phenoxy) is 1. The highest BCUT2D eigenvalue weighted by Gasteiger charge is 2.24. The predicted octanol–water partition coefficient (Wildman–Crippen LogP) is 1.99. The largest absolute Gasteiger partial charge is 0.495 e. The number of thiophene rings is 1. The summed E-state index contributed by atoms with van der Waals surface area (Å²) in [5.74, 6) is 0.496. The van der Waals surface area contributed by atoms with E-state index in [9.17, 15) is 9.90 Å². The molecule has 0 spiro atoms. The van der Waals surface area contributed by atoms with Gasteiger partial charge in [0, 0.05) is 13.1 Å². The second-order valence-corrected chi connectivity index (χ2v) is 5.37. The average Bonchev–Trinajstić information content (AvgIpc) is 2.71. The second kappa shape index (κ2) is 5.51. The molecule has 0 fully saturated rings. The number of amides is 1. The van der Waals surface area contributed by atoms with Crippen LogP contribution < -0.4 is 4.74 Å². The molecule has 0 aliphatic carbocycles. The minimum atomic E-state index is -0.893. The summed E-state index contributed by atoms with van der Waals surface area (Å²) in [5.41, 5.74) is -0.893. The fourth-order valence-electron chi connectivity index (χ4n) is 1.55. The standard InChI is InChI=1S/C12H19NO3S/c1-5-13(8-12(2,3)15)11(14)10-9(16-4)6-7-17-10/h6-7,15H,5,8H2,1-4H3. The monoisotopic (exact) mass is 257 g/mol. The van der Waals surface area contributed by atoms with E-state index in [1.165, 1.54) is 11.3 Å². The van der Waals surface area contributed by atoms with Gasteiger partial charge in [-0.15, -0.1) is 11.3 Å². The quantitative estimate of drug-likeness (QED) is 0.877. The van der Waals surface area contributed by atoms with Gasteiger partial charge in [0.15, 0.2) is 0 Å². The van der Waals surface area contributed by atoms with Crippen LogP contribution >= 0.6 is 11.3 Å². The van der Waals surface area contributed by atoms with Crippen molar-refractivity contribution in [2.24, 2.45) is 0 Å². The van der Waals surface area contributed by atoms with Gasteiger partial charge in [-0.3, -0.25) is 4.79 Å². The summed E-state index contributed by atoms with van der Waals surface area (Å²) in [7, 11) is 1.55. The lowest BCUT2D eigenvalue weighted by molar-refractivity contribution is 0.0316. The van der Waals surface area contributed by atoms with Crippen molar-refractivity contribution >= 4 is 17.2 Å². The zero-order valence-electron chi connectivity index (χ0n) is 10.7. The number of methoxy groups -OCH3 is 1. The van der Waals surface area contributed by atoms with Crippen molar-refractivity contribution in [2.45, 2.75) is 26.4 Å². The van der Waals surface area contributed by atoms with E-state index in [0.29, 0.717) is 23.7 Å². The van der Waals surface area contributed by atoms with Gasteiger partial charge in [-0.1, -0.05) is 0 Å². The van der Waals surface area contributed by atoms with Crippen molar-refractivity contribution in [1.29, 1.82) is 0 Å². The molecule has 1 rings (SSSR count). The van der Waals surface area contributed by atoms with Crippen LogP contribution in [-0.4, -0.2) is 41.7 Å². The van der Waals surface area contributed by atoms with Crippen molar-refractivity contribution in [3.05, 3.63) is 16.3 Å². The molecule has 0 radical (unpaired) electrons. The molecule has 0 aliphatic heterocycles. The van der Waals surface area contributed by atoms with Crippen LogP contribution in [0, 0.1) is 0 Å². The Morgan fingerprint density at radius 2 is 2.24 bits per heavy atom. The molecule has 17 heavy (non-hydrogen) atoms. The zero-order chi connectivity index (χ0) is 13.1. The lowest BCUT2D eigenvalue weighted by atomic mass is 10.1. The SMILES string of the molecule is CCN(CC(C)(C)O)C(=O)c1sccc1OC. The number of carbonyl (C=O) groups excluding carboxylic acids is 1. The van der Waals surface area contributed by atoms with Crippen molar-refractivity contribution < 1.29 is 14.6 Å². The Morgan fingerprint density at radius 1 is 1.59 bits per heavy atom. The molecule has 1 aromatic rings. The Kier molecular flexibility index (Phi) is 4.54. The Hall–Kier alpha value is -1.07. The molecule has 1 amide bonds. The first-order chi connectivity index (χ1) is 7.89. The second-order valence-electron chi connectivity index (χ2n) is 4.45. The molecule has 0 saturated carbocycles. The van der Waals surface area contributed by atoms with Gasteiger partial charge in [0.05, 0.1) is 12.7 Å². The third kappa shape index (κ3) is 3.71. The minimum Gasteiger partial charge on any atom is -0.495 e. The maximum atomic E-state index is 12.2. The lowest BCUT2D eigenvalue weighted by Crippen LogP contribution is -2.41. The van der Waals surface area contributed by atoms with Gasteiger partial charge in [0.2, 0.25) is 0 Å². The maximum Gasteiger partial charge on any atom is 0.267 e. The summed E-state index contributed by atoms with van der Waals surface area (Å²) in [4.78, 5) is 14.4. The average molecular weight is 257 g/mol. The molecule has 0 saturated heterocycles. The summed E-state index contributed by atoms with van der Waals surface area (Å²) >= 11 is 1.35. The molecule has 0 unspecified atom stereocenters. The van der Waals surface area contributed by atoms with Crippen molar-refractivity contribution in [3.8, 4) is 5.75 Å². The summed E-state index contributed by atoms with van der Waals surface area (Å²) in [6.45, 7) is 6.14. The third-order valence-corrected chi connectivity index (χ3v) is 3.17. The van der Waals surface area contributed by atoms with Crippen LogP contribution in [0.25, 0.3) is 0 Å². The molecule has 0 aliphatic rings. The highest BCUT2D eigenvalue weighted by molar-refractivity contribution is 7.12. The molecular formula is C12H19NO3S. The Bertz CT molecular complexity index is 381. The van der Waals surface area contributed by atoms with Gasteiger partial charge in [0.1, 0.15) is 10.6 Å². The van der Waals surface area contributed by atoms with Crippen LogP contribution in [0.15, 0.2) is 11.4 Å². The highest BCUT2D eigenvalue weighted by atomic mass is 32.1. The van der Waals surface area contributed by atoms with Crippen LogP contribution in [-0.2, 0) is 0 Å². The molecular weight excluding hydrogens is 238 g/mol. The van der Waals surface area contributed by atoms with E-state index >= 15 is 0 Å². The molecule has 0 bridgehead atoms. The Labute approximate surface area is 106 Å². The summed E-state index contributed by atoms with van der Waals surface area (Å²) < 4.78 is 5.13. The lowest BCUT2D eigenvalue weighted by Gasteiger charge is -2.27. The summed E-state index contributed by atoms with van der Waals surface area (Å²) in [6.07, 6.45) is 0. The maximum absolute atomic E-state index is 12.2. The fraction of sp³-hybridized carbons (Fsp3) is 0.583. The number of aliphatic hydroxyl groups is 1. The van der Waals surface area contributed by atoms with Crippen LogP contribution in [0.3, 0.4) is 0 Å². The van der Waals surface area contributed by atoms with Crippen LogP contribution in [0.1, 0.15) is 30.4 Å². The molecule has 1 heterocycles. The molecule has 0 atom stereocenters. The van der Waals surface area contributed by atoms with E-state index in [0.717, 1.165) is 0 Å². The minimum absolute atomic E-state index is 0.0959. The Morgan fingerprint density at radius 3 is 2.71 bits per heavy atom. The topological polar surface area (TPSA) is 49.8 Å². The van der Waals surface area contributed by atoms with Crippen molar-refractivity contribution in [1.82, 2.24) is 4.90 Å². The zero-order valence-corrected chi connectivity index (χ0v) is 11.5. The van der Waals surface area contributed by atoms with E-state index in [2.05, 4.69) is 0 Å². The number of rotatable bonds is 5. The van der Waals surface area contributed by atoms with E-state index in [-0.39, 0.29) is 5.91 Å². The van der Waals surface area contributed by atoms with Crippen molar-refractivity contribution in [2.75, 3.05) is 20.2 Å². The van der Waals surface area contributed by atoms with E-state index in [4.69, 9.17) is 4.74 Å². The number of hydrogen-bond acceptors (Lipinski definition) is 4. The van der Waals surface area contributed by atoms with Gasteiger partial charge in [-0.25, -0.2) is 0 Å². The summed E-state index contributed by atoms with van der Waals surface area (Å²) in [5, 5.41) is 11.6. The summed E-state index contributed by atoms with van der Waals surface area (Å²) in [6, 6.07) is 1.77. The first kappa shape index (κ1) is 14.0. The van der Waals surface area contributed by atoms with Gasteiger partial charge in [0.25, 0.3) is 5.91 Å². The molecule has 1 N–H and O–H groups in total. The van der Waals surface area contributed by atoms with Gasteiger partial charge in [-0.2, -0.15) is 0 Å². The van der Waals surface area contributed by atoms with Gasteiger partial charge >= 0.3 is 0 Å². The molecule has 5 heteroatoms. The van der Waals surface area contributed by atoms with Gasteiger partial charge < -0.3 is 14.7 Å². The van der Waals surface area contributed by atoms with Crippen molar-refractivity contribution in [3.63, 3.8) is 0 Å². The Balaban J connectivity index is 2.87. The number of hydrogen-bond donors (Lipinski definition) is 1. The number of carbonyl (C=O) groups is 1. The van der Waals surface area contributed by atoms with E-state index < -0.39 is 5.60 Å². The predicted molar refractivity (Wildman–Crippen MR) is 68.7 cm³/mol. The molecule has 4 nitrogen and oxygen atoms in total. The van der Waals surface area contributed by atoms with Crippen LogP contribution in [0.5, 0.6) is 5.75 Å². The normalized spacial score (nSPS) is 11.4. The number of nitrogens with zero attached hydrogens (tertiary/aromatic N) is 1. The van der Waals surface area contributed by atoms with Crippen LogP contribution in [0.2, 0.25) is 0 Å². The van der Waals surface area contributed by atoms with E-state index in [1.54, 1.807) is 31.9 Å². The van der Waals surface area contributed by atoms with Crippen LogP contribution in [0.4, 0.5) is 0 Å². The van der Waals surface area contributed by atoms with Gasteiger partial charge in [-0.05, 0) is 32.2 Å². The number of likely N-dealkylation sites (N-methyl/N-ethyl adjacent to an activating group) is 1. The third-order valence-electron chi connectivity index (χ3n) is 2.29. The first-order valence-electron chi connectivity index (χ1n) is 5.52. The van der Waals surface area contributed by atoms with E-state index in [1.807, 2.05) is 12.3 Å². The molecule has 1 aromatic heterocycles. The first-order valence-corrected chi connectivity index (χ1v) is 6.40. The smallest absolute Gasteiger partial charge is 0.267 e. The molecule has 96 valence electrons. The molecule has 0 aromatic carbocycles. The fourth-order valence-corrected chi connectivity index (χ4v) is 2.38.